The molecule has 0 aliphatic rings. The molecular weight excluding hydrogens is 228 g/mol. The van der Waals surface area contributed by atoms with Crippen molar-refractivity contribution in [3.05, 3.63) is 24.2 Å². The molecule has 1 rings (SSSR count). The number of rotatable bonds is 7. The van der Waals surface area contributed by atoms with Gasteiger partial charge in [-0.25, -0.2) is 4.99 Å². The van der Waals surface area contributed by atoms with Crippen molar-refractivity contribution in [3.8, 4) is 0 Å². The molecule has 102 valence electrons. The van der Waals surface area contributed by atoms with Crippen LogP contribution in [-0.2, 0) is 6.54 Å². The Morgan fingerprint density at radius 1 is 1.39 bits per heavy atom. The molecule has 0 atom stereocenters. The maximum Gasteiger partial charge on any atom is 0.191 e. The lowest BCUT2D eigenvalue weighted by molar-refractivity contribution is 0.399. The highest BCUT2D eigenvalue weighted by Gasteiger charge is 1.98. The van der Waals surface area contributed by atoms with Crippen molar-refractivity contribution in [2.24, 2.45) is 4.99 Å². The van der Waals surface area contributed by atoms with E-state index < -0.39 is 0 Å². The van der Waals surface area contributed by atoms with Gasteiger partial charge >= 0.3 is 0 Å². The molecular formula is C13H24N4O. The minimum Gasteiger partial charge on any atom is -0.467 e. The van der Waals surface area contributed by atoms with Crippen LogP contribution < -0.4 is 10.6 Å². The molecule has 5 nitrogen and oxygen atoms in total. The van der Waals surface area contributed by atoms with Crippen LogP contribution in [-0.4, -0.2) is 44.6 Å². The Bertz CT molecular complexity index is 333. The van der Waals surface area contributed by atoms with E-state index >= 15 is 0 Å². The summed E-state index contributed by atoms with van der Waals surface area (Å²) in [5.41, 5.74) is 0. The molecule has 0 unspecified atom stereocenters. The van der Waals surface area contributed by atoms with E-state index in [0.717, 1.165) is 37.8 Å². The molecule has 1 aromatic rings. The maximum absolute atomic E-state index is 5.25. The van der Waals surface area contributed by atoms with Gasteiger partial charge in [0, 0.05) is 13.1 Å². The van der Waals surface area contributed by atoms with Crippen LogP contribution in [0, 0.1) is 0 Å². The van der Waals surface area contributed by atoms with Crippen LogP contribution in [0.3, 0.4) is 0 Å². The fourth-order valence-corrected chi connectivity index (χ4v) is 1.50. The lowest BCUT2D eigenvalue weighted by atomic mass is 10.4. The van der Waals surface area contributed by atoms with Crippen LogP contribution in [0.1, 0.15) is 19.1 Å². The van der Waals surface area contributed by atoms with Crippen LogP contribution in [0.25, 0.3) is 0 Å². The highest BCUT2D eigenvalue weighted by Crippen LogP contribution is 2.00. The van der Waals surface area contributed by atoms with Gasteiger partial charge in [0.05, 0.1) is 6.26 Å². The Kier molecular flexibility index (Phi) is 6.94. The molecule has 0 amide bonds. The molecule has 18 heavy (non-hydrogen) atoms. The second-order valence-corrected chi connectivity index (χ2v) is 4.36. The quantitative estimate of drug-likeness (QED) is 0.436. The zero-order chi connectivity index (χ0) is 13.2. The van der Waals surface area contributed by atoms with Gasteiger partial charge in [-0.3, -0.25) is 0 Å². The van der Waals surface area contributed by atoms with Gasteiger partial charge in [0.1, 0.15) is 12.3 Å². The normalized spacial score (nSPS) is 11.9. The summed E-state index contributed by atoms with van der Waals surface area (Å²) >= 11 is 0. The van der Waals surface area contributed by atoms with Crippen LogP contribution in [0.5, 0.6) is 0 Å². The SMILES string of the molecule is CCNC(=NCc1ccco1)NCCCN(C)C. The van der Waals surface area contributed by atoms with Gasteiger partial charge < -0.3 is 20.0 Å². The molecule has 0 saturated carbocycles. The molecule has 0 aliphatic carbocycles. The lowest BCUT2D eigenvalue weighted by Crippen LogP contribution is -2.38. The summed E-state index contributed by atoms with van der Waals surface area (Å²) in [5.74, 6) is 1.72. The molecule has 2 N–H and O–H groups in total. The summed E-state index contributed by atoms with van der Waals surface area (Å²) in [6.07, 6.45) is 2.76. The van der Waals surface area contributed by atoms with E-state index in [-0.39, 0.29) is 0 Å². The van der Waals surface area contributed by atoms with Crippen LogP contribution in [0.4, 0.5) is 0 Å². The number of aliphatic imine (C=N–C) groups is 1. The van der Waals surface area contributed by atoms with Crippen molar-refractivity contribution < 1.29 is 4.42 Å². The van der Waals surface area contributed by atoms with Crippen molar-refractivity contribution >= 4 is 5.96 Å². The minimum absolute atomic E-state index is 0.565. The zero-order valence-corrected chi connectivity index (χ0v) is 11.6. The van der Waals surface area contributed by atoms with Crippen LogP contribution in [0.2, 0.25) is 0 Å². The fraction of sp³-hybridized carbons (Fsp3) is 0.615. The monoisotopic (exact) mass is 252 g/mol. The molecule has 0 aliphatic heterocycles. The third-order valence-electron chi connectivity index (χ3n) is 2.39. The molecule has 0 bridgehead atoms. The van der Waals surface area contributed by atoms with Gasteiger partial charge in [0.25, 0.3) is 0 Å². The average molecular weight is 252 g/mol. The third kappa shape index (κ3) is 6.30. The van der Waals surface area contributed by atoms with E-state index in [2.05, 4.69) is 41.5 Å². The van der Waals surface area contributed by atoms with Crippen molar-refractivity contribution in [1.29, 1.82) is 0 Å². The highest BCUT2D eigenvalue weighted by molar-refractivity contribution is 5.79. The van der Waals surface area contributed by atoms with Crippen LogP contribution >= 0.6 is 0 Å². The summed E-state index contributed by atoms with van der Waals surface area (Å²) in [6, 6.07) is 3.81. The Hall–Kier alpha value is -1.49. The Labute approximate surface area is 109 Å². The second-order valence-electron chi connectivity index (χ2n) is 4.36. The molecule has 0 fully saturated rings. The van der Waals surface area contributed by atoms with Gasteiger partial charge in [-0.15, -0.1) is 0 Å². The number of nitrogens with one attached hydrogen (secondary N) is 2. The van der Waals surface area contributed by atoms with E-state index in [9.17, 15) is 0 Å². The largest absolute Gasteiger partial charge is 0.467 e. The summed E-state index contributed by atoms with van der Waals surface area (Å²) in [4.78, 5) is 6.63. The number of hydrogen-bond acceptors (Lipinski definition) is 3. The van der Waals surface area contributed by atoms with Gasteiger partial charge in [0.15, 0.2) is 5.96 Å². The molecule has 1 aromatic heterocycles. The van der Waals surface area contributed by atoms with Crippen molar-refractivity contribution in [3.63, 3.8) is 0 Å². The first-order chi connectivity index (χ1) is 8.72. The number of guanidine groups is 1. The average Bonchev–Trinajstić information content (AvgIpc) is 2.84. The Morgan fingerprint density at radius 2 is 2.22 bits per heavy atom. The van der Waals surface area contributed by atoms with E-state index in [0.29, 0.717) is 6.54 Å². The molecule has 0 aromatic carbocycles. The third-order valence-corrected chi connectivity index (χ3v) is 2.39. The summed E-state index contributed by atoms with van der Waals surface area (Å²) in [5, 5.41) is 6.53. The topological polar surface area (TPSA) is 52.8 Å². The second kappa shape index (κ2) is 8.58. The molecule has 0 radical (unpaired) electrons. The Morgan fingerprint density at radius 3 is 2.83 bits per heavy atom. The predicted molar refractivity (Wildman–Crippen MR) is 74.7 cm³/mol. The van der Waals surface area contributed by atoms with E-state index in [1.54, 1.807) is 6.26 Å². The zero-order valence-electron chi connectivity index (χ0n) is 11.6. The van der Waals surface area contributed by atoms with E-state index in [1.807, 2.05) is 12.1 Å². The van der Waals surface area contributed by atoms with E-state index in [4.69, 9.17) is 4.42 Å². The van der Waals surface area contributed by atoms with E-state index in [1.165, 1.54) is 0 Å². The van der Waals surface area contributed by atoms with Gasteiger partial charge in [-0.05, 0) is 46.1 Å². The first-order valence-electron chi connectivity index (χ1n) is 6.41. The molecule has 0 saturated heterocycles. The first-order valence-corrected chi connectivity index (χ1v) is 6.41. The minimum atomic E-state index is 0.565. The lowest BCUT2D eigenvalue weighted by Gasteiger charge is -2.13. The first kappa shape index (κ1) is 14.6. The number of furan rings is 1. The highest BCUT2D eigenvalue weighted by atomic mass is 16.3. The Balaban J connectivity index is 2.31. The number of hydrogen-bond donors (Lipinski definition) is 2. The fourth-order valence-electron chi connectivity index (χ4n) is 1.50. The molecule has 5 heteroatoms. The van der Waals surface area contributed by atoms with Crippen molar-refractivity contribution in [1.82, 2.24) is 15.5 Å². The van der Waals surface area contributed by atoms with Crippen molar-refractivity contribution in [2.75, 3.05) is 33.7 Å². The van der Waals surface area contributed by atoms with Crippen LogP contribution in [0.15, 0.2) is 27.8 Å². The standard InChI is InChI=1S/C13H24N4O/c1-4-14-13(15-8-6-9-17(2)3)16-11-12-7-5-10-18-12/h5,7,10H,4,6,8-9,11H2,1-3H3,(H2,14,15,16). The summed E-state index contributed by atoms with van der Waals surface area (Å²) in [7, 11) is 4.16. The molecule has 0 spiro atoms. The number of nitrogens with zero attached hydrogens (tertiary/aromatic N) is 2. The van der Waals surface area contributed by atoms with Crippen molar-refractivity contribution in [2.45, 2.75) is 19.9 Å². The van der Waals surface area contributed by atoms with Gasteiger partial charge in [-0.1, -0.05) is 0 Å². The smallest absolute Gasteiger partial charge is 0.191 e. The summed E-state index contributed by atoms with van der Waals surface area (Å²) in [6.45, 7) is 5.48. The van der Waals surface area contributed by atoms with Gasteiger partial charge in [-0.2, -0.15) is 0 Å². The summed E-state index contributed by atoms with van der Waals surface area (Å²) < 4.78 is 5.25. The molecule has 1 heterocycles. The predicted octanol–water partition coefficient (Wildman–Crippen LogP) is 1.29. The maximum atomic E-state index is 5.25. The van der Waals surface area contributed by atoms with Gasteiger partial charge in [0.2, 0.25) is 0 Å².